The first-order valence-corrected chi connectivity index (χ1v) is 6.45. The second kappa shape index (κ2) is 6.19. The van der Waals surface area contributed by atoms with Crippen molar-refractivity contribution in [2.75, 3.05) is 10.6 Å². The Hall–Kier alpha value is -2.36. The van der Waals surface area contributed by atoms with Gasteiger partial charge in [0, 0.05) is 11.4 Å². The number of amides is 1. The normalized spacial score (nSPS) is 11.8. The van der Waals surface area contributed by atoms with Gasteiger partial charge in [0.1, 0.15) is 11.9 Å². The van der Waals surface area contributed by atoms with E-state index in [2.05, 4.69) is 10.6 Å². The zero-order valence-electron chi connectivity index (χ0n) is 11.5. The third kappa shape index (κ3) is 3.57. The van der Waals surface area contributed by atoms with Crippen molar-refractivity contribution in [3.05, 3.63) is 59.9 Å². The Morgan fingerprint density at radius 2 is 1.90 bits per heavy atom. The van der Waals surface area contributed by atoms with E-state index in [1.807, 2.05) is 31.2 Å². The summed E-state index contributed by atoms with van der Waals surface area (Å²) in [5.74, 6) is -0.582. The van der Waals surface area contributed by atoms with Crippen molar-refractivity contribution in [3.63, 3.8) is 0 Å². The molecule has 0 aliphatic rings. The lowest BCUT2D eigenvalue weighted by molar-refractivity contribution is -0.116. The first-order chi connectivity index (χ1) is 9.56. The van der Waals surface area contributed by atoms with E-state index in [0.29, 0.717) is 5.69 Å². The summed E-state index contributed by atoms with van der Waals surface area (Å²) in [5.41, 5.74) is 2.43. The maximum absolute atomic E-state index is 13.1. The molecule has 1 amide bonds. The minimum Gasteiger partial charge on any atom is -0.374 e. The zero-order valence-corrected chi connectivity index (χ0v) is 11.5. The Bertz CT molecular complexity index is 613. The minimum absolute atomic E-state index is 0.209. The smallest absolute Gasteiger partial charge is 0.246 e. The summed E-state index contributed by atoms with van der Waals surface area (Å²) in [6.45, 7) is 3.74. The molecular weight excluding hydrogens is 255 g/mol. The number of aryl methyl sites for hydroxylation is 1. The maximum Gasteiger partial charge on any atom is 0.246 e. The van der Waals surface area contributed by atoms with Crippen LogP contribution in [-0.2, 0) is 4.79 Å². The van der Waals surface area contributed by atoms with Crippen molar-refractivity contribution in [1.82, 2.24) is 0 Å². The molecule has 3 nitrogen and oxygen atoms in total. The van der Waals surface area contributed by atoms with Gasteiger partial charge in [-0.15, -0.1) is 0 Å². The standard InChI is InChI=1S/C16H17FN2O/c1-11-6-3-4-9-15(11)18-12(2)16(20)19-14-8-5-7-13(17)10-14/h3-10,12,18H,1-2H3,(H,19,20). The van der Waals surface area contributed by atoms with E-state index < -0.39 is 6.04 Å². The quantitative estimate of drug-likeness (QED) is 0.893. The molecule has 104 valence electrons. The number of para-hydroxylation sites is 1. The summed E-state index contributed by atoms with van der Waals surface area (Å²) in [6.07, 6.45) is 0. The van der Waals surface area contributed by atoms with Crippen LogP contribution in [0.1, 0.15) is 12.5 Å². The Kier molecular flexibility index (Phi) is 4.35. The molecule has 0 heterocycles. The predicted octanol–water partition coefficient (Wildman–Crippen LogP) is 3.57. The molecule has 1 atom stereocenters. The molecular formula is C16H17FN2O. The van der Waals surface area contributed by atoms with E-state index in [4.69, 9.17) is 0 Å². The Labute approximate surface area is 117 Å². The fourth-order valence-electron chi connectivity index (χ4n) is 1.85. The lowest BCUT2D eigenvalue weighted by Crippen LogP contribution is -2.32. The fourth-order valence-corrected chi connectivity index (χ4v) is 1.85. The number of hydrogen-bond donors (Lipinski definition) is 2. The van der Waals surface area contributed by atoms with Gasteiger partial charge in [0.15, 0.2) is 0 Å². The number of rotatable bonds is 4. The van der Waals surface area contributed by atoms with E-state index in [9.17, 15) is 9.18 Å². The molecule has 2 rings (SSSR count). The SMILES string of the molecule is Cc1ccccc1NC(C)C(=O)Nc1cccc(F)c1. The highest BCUT2D eigenvalue weighted by molar-refractivity contribution is 5.96. The topological polar surface area (TPSA) is 41.1 Å². The number of hydrogen-bond acceptors (Lipinski definition) is 2. The molecule has 0 saturated carbocycles. The van der Waals surface area contributed by atoms with Crippen LogP contribution in [0.2, 0.25) is 0 Å². The molecule has 0 fully saturated rings. The molecule has 1 unspecified atom stereocenters. The molecule has 0 aliphatic carbocycles. The van der Waals surface area contributed by atoms with Crippen LogP contribution in [-0.4, -0.2) is 11.9 Å². The van der Waals surface area contributed by atoms with E-state index in [-0.39, 0.29) is 11.7 Å². The Morgan fingerprint density at radius 1 is 1.15 bits per heavy atom. The minimum atomic E-state index is -0.417. The summed E-state index contributed by atoms with van der Waals surface area (Å²) in [4.78, 5) is 12.0. The van der Waals surface area contributed by atoms with Crippen molar-refractivity contribution >= 4 is 17.3 Å². The summed E-state index contributed by atoms with van der Waals surface area (Å²) >= 11 is 0. The van der Waals surface area contributed by atoms with Gasteiger partial charge in [0.25, 0.3) is 0 Å². The highest BCUT2D eigenvalue weighted by Gasteiger charge is 2.13. The highest BCUT2D eigenvalue weighted by Crippen LogP contribution is 2.15. The van der Waals surface area contributed by atoms with Crippen LogP contribution in [0.5, 0.6) is 0 Å². The first kappa shape index (κ1) is 14.1. The number of nitrogens with one attached hydrogen (secondary N) is 2. The number of carbonyl (C=O) groups excluding carboxylic acids is 1. The number of carbonyl (C=O) groups is 1. The third-order valence-corrected chi connectivity index (χ3v) is 3.00. The second-order valence-electron chi connectivity index (χ2n) is 4.68. The molecule has 0 aromatic heterocycles. The summed E-state index contributed by atoms with van der Waals surface area (Å²) in [7, 11) is 0. The monoisotopic (exact) mass is 272 g/mol. The first-order valence-electron chi connectivity index (χ1n) is 6.45. The van der Waals surface area contributed by atoms with E-state index in [1.165, 1.54) is 12.1 Å². The van der Waals surface area contributed by atoms with Gasteiger partial charge in [-0.1, -0.05) is 24.3 Å². The molecule has 0 aliphatic heterocycles. The molecule has 0 bridgehead atoms. The molecule has 0 saturated heterocycles. The molecule has 0 spiro atoms. The van der Waals surface area contributed by atoms with Crippen molar-refractivity contribution in [1.29, 1.82) is 0 Å². The van der Waals surface area contributed by atoms with Crippen LogP contribution in [0.4, 0.5) is 15.8 Å². The van der Waals surface area contributed by atoms with E-state index in [0.717, 1.165) is 11.3 Å². The average Bonchev–Trinajstić information content (AvgIpc) is 2.41. The number of halogens is 1. The second-order valence-corrected chi connectivity index (χ2v) is 4.68. The third-order valence-electron chi connectivity index (χ3n) is 3.00. The largest absolute Gasteiger partial charge is 0.374 e. The highest BCUT2D eigenvalue weighted by atomic mass is 19.1. The van der Waals surface area contributed by atoms with E-state index in [1.54, 1.807) is 19.1 Å². The van der Waals surface area contributed by atoms with Crippen LogP contribution in [0, 0.1) is 12.7 Å². The van der Waals surface area contributed by atoms with Crippen molar-refractivity contribution < 1.29 is 9.18 Å². The number of benzene rings is 2. The maximum atomic E-state index is 13.1. The van der Waals surface area contributed by atoms with Gasteiger partial charge in [0.2, 0.25) is 5.91 Å². The van der Waals surface area contributed by atoms with Gasteiger partial charge < -0.3 is 10.6 Å². The van der Waals surface area contributed by atoms with Gasteiger partial charge in [-0.2, -0.15) is 0 Å². The summed E-state index contributed by atoms with van der Waals surface area (Å²) in [6, 6.07) is 13.2. The van der Waals surface area contributed by atoms with Crippen LogP contribution >= 0.6 is 0 Å². The lowest BCUT2D eigenvalue weighted by atomic mass is 10.2. The van der Waals surface area contributed by atoms with E-state index >= 15 is 0 Å². The van der Waals surface area contributed by atoms with Crippen LogP contribution in [0.25, 0.3) is 0 Å². The van der Waals surface area contributed by atoms with Crippen LogP contribution in [0.3, 0.4) is 0 Å². The van der Waals surface area contributed by atoms with Gasteiger partial charge in [0.05, 0.1) is 0 Å². The van der Waals surface area contributed by atoms with Crippen molar-refractivity contribution in [2.45, 2.75) is 19.9 Å². The molecule has 2 aromatic rings. The number of anilines is 2. The van der Waals surface area contributed by atoms with Crippen molar-refractivity contribution in [3.8, 4) is 0 Å². The molecule has 20 heavy (non-hydrogen) atoms. The van der Waals surface area contributed by atoms with Crippen LogP contribution < -0.4 is 10.6 Å². The summed E-state index contributed by atoms with van der Waals surface area (Å²) in [5, 5.41) is 5.82. The van der Waals surface area contributed by atoms with Gasteiger partial charge in [-0.3, -0.25) is 4.79 Å². The zero-order chi connectivity index (χ0) is 14.5. The lowest BCUT2D eigenvalue weighted by Gasteiger charge is -2.16. The molecule has 0 radical (unpaired) electrons. The molecule has 2 aromatic carbocycles. The van der Waals surface area contributed by atoms with Crippen LogP contribution in [0.15, 0.2) is 48.5 Å². The molecule has 2 N–H and O–H groups in total. The fraction of sp³-hybridized carbons (Fsp3) is 0.188. The van der Waals surface area contributed by atoms with Gasteiger partial charge in [-0.25, -0.2) is 4.39 Å². The predicted molar refractivity (Wildman–Crippen MR) is 79.3 cm³/mol. The van der Waals surface area contributed by atoms with Gasteiger partial charge in [-0.05, 0) is 43.7 Å². The summed E-state index contributed by atoms with van der Waals surface area (Å²) < 4.78 is 13.1. The Morgan fingerprint density at radius 3 is 2.60 bits per heavy atom. The van der Waals surface area contributed by atoms with Gasteiger partial charge >= 0.3 is 0 Å². The van der Waals surface area contributed by atoms with Crippen molar-refractivity contribution in [2.24, 2.45) is 0 Å². The average molecular weight is 272 g/mol. The molecule has 4 heteroatoms. The Balaban J connectivity index is 2.01.